The normalized spacial score (nSPS) is 12.8. The summed E-state index contributed by atoms with van der Waals surface area (Å²) in [5, 5.41) is 3.38. The number of thiophene rings is 1. The minimum absolute atomic E-state index is 0.0997. The summed E-state index contributed by atoms with van der Waals surface area (Å²) in [5.74, 6) is 0. The summed E-state index contributed by atoms with van der Waals surface area (Å²) in [5.41, 5.74) is 10.0. The quantitative estimate of drug-likeness (QED) is 0.700. The lowest BCUT2D eigenvalue weighted by molar-refractivity contribution is 0.875. The Labute approximate surface area is 125 Å². The van der Waals surface area contributed by atoms with Gasteiger partial charge in [-0.3, -0.25) is 0 Å². The topological polar surface area (TPSA) is 26.0 Å². The minimum atomic E-state index is -0.0997. The summed E-state index contributed by atoms with van der Waals surface area (Å²) in [6.07, 6.45) is 0. The zero-order chi connectivity index (χ0) is 13.4. The molecular weight excluding hydrogens is 318 g/mol. The Morgan fingerprint density at radius 2 is 1.95 bits per heavy atom. The lowest BCUT2D eigenvalue weighted by Crippen LogP contribution is -2.12. The van der Waals surface area contributed by atoms with Gasteiger partial charge in [0.2, 0.25) is 0 Å². The van der Waals surface area contributed by atoms with Gasteiger partial charge >= 0.3 is 0 Å². The molecule has 3 heteroatoms. The molecule has 1 heterocycles. The van der Waals surface area contributed by atoms with Crippen LogP contribution in [0, 0.1) is 6.92 Å². The second kappa shape index (κ2) is 5.08. The van der Waals surface area contributed by atoms with E-state index in [0.29, 0.717) is 0 Å². The fraction of sp³-hybridized carbons (Fsp3) is 0.125. The Balaban J connectivity index is 2.13. The van der Waals surface area contributed by atoms with Crippen molar-refractivity contribution < 1.29 is 0 Å². The van der Waals surface area contributed by atoms with Gasteiger partial charge in [0.25, 0.3) is 0 Å². The third-order valence-corrected chi connectivity index (χ3v) is 5.00. The highest BCUT2D eigenvalue weighted by Gasteiger charge is 2.15. The van der Waals surface area contributed by atoms with Crippen LogP contribution < -0.4 is 5.73 Å². The van der Waals surface area contributed by atoms with Crippen molar-refractivity contribution in [2.75, 3.05) is 0 Å². The first-order valence-electron chi connectivity index (χ1n) is 6.14. The number of halogens is 1. The van der Waals surface area contributed by atoms with Gasteiger partial charge in [-0.2, -0.15) is 0 Å². The van der Waals surface area contributed by atoms with E-state index in [1.54, 1.807) is 11.3 Å². The molecule has 1 atom stereocenters. The van der Waals surface area contributed by atoms with Crippen LogP contribution in [-0.2, 0) is 0 Å². The first-order valence-corrected chi connectivity index (χ1v) is 7.82. The SMILES string of the molecule is Cc1ccc(C(N)c2cccc3ccsc23)c(Br)c1. The van der Waals surface area contributed by atoms with Gasteiger partial charge < -0.3 is 5.73 Å². The maximum atomic E-state index is 6.47. The second-order valence-electron chi connectivity index (χ2n) is 4.69. The lowest BCUT2D eigenvalue weighted by atomic mass is 9.98. The standard InChI is InChI=1S/C16H14BrNS/c1-10-5-6-12(14(17)9-10)15(18)13-4-2-3-11-7-8-19-16(11)13/h2-9,15H,18H2,1H3. The van der Waals surface area contributed by atoms with Crippen LogP contribution in [0.4, 0.5) is 0 Å². The maximum absolute atomic E-state index is 6.47. The Hall–Kier alpha value is -1.16. The van der Waals surface area contributed by atoms with Gasteiger partial charge in [-0.25, -0.2) is 0 Å². The molecule has 96 valence electrons. The van der Waals surface area contributed by atoms with Crippen molar-refractivity contribution in [3.8, 4) is 0 Å². The summed E-state index contributed by atoms with van der Waals surface area (Å²) in [4.78, 5) is 0. The molecule has 1 nitrogen and oxygen atoms in total. The highest BCUT2D eigenvalue weighted by molar-refractivity contribution is 9.10. The smallest absolute Gasteiger partial charge is 0.0577 e. The summed E-state index contributed by atoms with van der Waals surface area (Å²) in [6.45, 7) is 2.08. The van der Waals surface area contributed by atoms with Gasteiger partial charge in [-0.15, -0.1) is 11.3 Å². The molecule has 19 heavy (non-hydrogen) atoms. The van der Waals surface area contributed by atoms with Gasteiger partial charge in [0.05, 0.1) is 6.04 Å². The zero-order valence-corrected chi connectivity index (χ0v) is 13.0. The highest BCUT2D eigenvalue weighted by atomic mass is 79.9. The molecule has 0 bridgehead atoms. The van der Waals surface area contributed by atoms with Crippen molar-refractivity contribution in [3.05, 3.63) is 69.0 Å². The largest absolute Gasteiger partial charge is 0.320 e. The molecule has 3 aromatic rings. The van der Waals surface area contributed by atoms with Crippen LogP contribution in [0.25, 0.3) is 10.1 Å². The lowest BCUT2D eigenvalue weighted by Gasteiger charge is -2.16. The van der Waals surface area contributed by atoms with Crippen molar-refractivity contribution >= 4 is 37.4 Å². The molecule has 0 aliphatic rings. The average molecular weight is 332 g/mol. The first kappa shape index (κ1) is 12.9. The number of fused-ring (bicyclic) bond motifs is 1. The number of hydrogen-bond donors (Lipinski definition) is 1. The fourth-order valence-electron chi connectivity index (χ4n) is 2.31. The molecule has 0 radical (unpaired) electrons. The Kier molecular flexibility index (Phi) is 3.44. The van der Waals surface area contributed by atoms with E-state index in [4.69, 9.17) is 5.73 Å². The van der Waals surface area contributed by atoms with Crippen LogP contribution in [0.15, 0.2) is 52.3 Å². The third kappa shape index (κ3) is 2.34. The molecule has 0 saturated heterocycles. The Morgan fingerprint density at radius 3 is 2.74 bits per heavy atom. The van der Waals surface area contributed by atoms with Crippen LogP contribution in [0.2, 0.25) is 0 Å². The first-order chi connectivity index (χ1) is 9.16. The van der Waals surface area contributed by atoms with E-state index in [2.05, 4.69) is 70.7 Å². The van der Waals surface area contributed by atoms with Crippen LogP contribution in [0.5, 0.6) is 0 Å². The number of nitrogens with two attached hydrogens (primary N) is 1. The van der Waals surface area contributed by atoms with Crippen LogP contribution in [0.3, 0.4) is 0 Å². The summed E-state index contributed by atoms with van der Waals surface area (Å²) < 4.78 is 2.36. The molecule has 2 aromatic carbocycles. The number of hydrogen-bond acceptors (Lipinski definition) is 2. The summed E-state index contributed by atoms with van der Waals surface area (Å²) >= 11 is 5.37. The van der Waals surface area contributed by atoms with Gasteiger partial charge in [0.15, 0.2) is 0 Å². The maximum Gasteiger partial charge on any atom is 0.0577 e. The molecule has 0 aliphatic carbocycles. The number of aryl methyl sites for hydroxylation is 1. The third-order valence-electron chi connectivity index (χ3n) is 3.34. The van der Waals surface area contributed by atoms with Gasteiger partial charge in [0.1, 0.15) is 0 Å². The van der Waals surface area contributed by atoms with E-state index in [1.165, 1.54) is 21.2 Å². The zero-order valence-electron chi connectivity index (χ0n) is 10.6. The minimum Gasteiger partial charge on any atom is -0.320 e. The fourth-order valence-corrected chi connectivity index (χ4v) is 4.01. The Bertz CT molecular complexity index is 732. The van der Waals surface area contributed by atoms with E-state index >= 15 is 0 Å². The molecule has 1 unspecified atom stereocenters. The molecule has 0 spiro atoms. The van der Waals surface area contributed by atoms with E-state index < -0.39 is 0 Å². The predicted octanol–water partition coefficient (Wildman–Crippen LogP) is 5.02. The monoisotopic (exact) mass is 331 g/mol. The van der Waals surface area contributed by atoms with E-state index in [9.17, 15) is 0 Å². The predicted molar refractivity (Wildman–Crippen MR) is 86.7 cm³/mol. The van der Waals surface area contributed by atoms with Crippen molar-refractivity contribution in [2.24, 2.45) is 5.73 Å². The van der Waals surface area contributed by atoms with Gasteiger partial charge in [-0.1, -0.05) is 46.3 Å². The average Bonchev–Trinajstić information content (AvgIpc) is 2.86. The second-order valence-corrected chi connectivity index (χ2v) is 6.46. The van der Waals surface area contributed by atoms with Crippen molar-refractivity contribution in [2.45, 2.75) is 13.0 Å². The van der Waals surface area contributed by atoms with E-state index in [-0.39, 0.29) is 6.04 Å². The Morgan fingerprint density at radius 1 is 1.11 bits per heavy atom. The van der Waals surface area contributed by atoms with Crippen LogP contribution in [0.1, 0.15) is 22.7 Å². The molecule has 1 aromatic heterocycles. The summed E-state index contributed by atoms with van der Waals surface area (Å²) in [7, 11) is 0. The molecule has 2 N–H and O–H groups in total. The number of benzene rings is 2. The van der Waals surface area contributed by atoms with Gasteiger partial charge in [0, 0.05) is 9.17 Å². The molecule has 0 fully saturated rings. The summed E-state index contributed by atoms with van der Waals surface area (Å²) in [6, 6.07) is 14.7. The molecule has 0 amide bonds. The van der Waals surface area contributed by atoms with E-state index in [1.807, 2.05) is 0 Å². The molecule has 0 saturated carbocycles. The van der Waals surface area contributed by atoms with Gasteiger partial charge in [-0.05, 0) is 46.5 Å². The van der Waals surface area contributed by atoms with Crippen LogP contribution in [-0.4, -0.2) is 0 Å². The van der Waals surface area contributed by atoms with E-state index in [0.717, 1.165) is 10.0 Å². The molecule has 3 rings (SSSR count). The van der Waals surface area contributed by atoms with Crippen molar-refractivity contribution in [1.29, 1.82) is 0 Å². The molecule has 0 aliphatic heterocycles. The van der Waals surface area contributed by atoms with Crippen LogP contribution >= 0.6 is 27.3 Å². The van der Waals surface area contributed by atoms with Crippen molar-refractivity contribution in [1.82, 2.24) is 0 Å². The highest BCUT2D eigenvalue weighted by Crippen LogP contribution is 2.33. The number of rotatable bonds is 2. The molecular formula is C16H14BrNS. The van der Waals surface area contributed by atoms with Crippen molar-refractivity contribution in [3.63, 3.8) is 0 Å².